The second kappa shape index (κ2) is 4.11. The predicted molar refractivity (Wildman–Crippen MR) is 50.0 cm³/mol. The Bertz CT molecular complexity index is 386. The van der Waals surface area contributed by atoms with Crippen molar-refractivity contribution in [3.8, 4) is 5.75 Å². The summed E-state index contributed by atoms with van der Waals surface area (Å²) >= 11 is 5.68. The SMILES string of the molecule is COc1ccc(C(=O)C(=O)O)c(Cl)c1. The van der Waals surface area contributed by atoms with Crippen molar-refractivity contribution in [3.63, 3.8) is 0 Å². The van der Waals surface area contributed by atoms with E-state index < -0.39 is 11.8 Å². The molecule has 0 spiro atoms. The molecule has 1 aromatic carbocycles. The van der Waals surface area contributed by atoms with Crippen LogP contribution in [0.4, 0.5) is 0 Å². The molecule has 0 heterocycles. The highest BCUT2D eigenvalue weighted by molar-refractivity contribution is 6.45. The van der Waals surface area contributed by atoms with Crippen LogP contribution in [0.2, 0.25) is 5.02 Å². The second-order valence-electron chi connectivity index (χ2n) is 2.48. The molecule has 0 aliphatic carbocycles. The number of methoxy groups -OCH3 is 1. The van der Waals surface area contributed by atoms with Crippen LogP contribution in [0.15, 0.2) is 18.2 Å². The van der Waals surface area contributed by atoms with Crippen molar-refractivity contribution in [2.45, 2.75) is 0 Å². The fraction of sp³-hybridized carbons (Fsp3) is 0.111. The molecule has 0 atom stereocenters. The van der Waals surface area contributed by atoms with Crippen LogP contribution in [0.1, 0.15) is 10.4 Å². The summed E-state index contributed by atoms with van der Waals surface area (Å²) in [6.45, 7) is 0. The fourth-order valence-corrected chi connectivity index (χ4v) is 1.18. The first-order chi connectivity index (χ1) is 6.56. The fourth-order valence-electron chi connectivity index (χ4n) is 0.922. The Morgan fingerprint density at radius 1 is 1.43 bits per heavy atom. The first-order valence-corrected chi connectivity index (χ1v) is 4.05. The molecule has 0 radical (unpaired) electrons. The molecule has 0 saturated heterocycles. The molecule has 0 amide bonds. The number of hydrogen-bond donors (Lipinski definition) is 1. The molecule has 1 N–H and O–H groups in total. The molecule has 74 valence electrons. The molecular formula is C9H7ClO4. The lowest BCUT2D eigenvalue weighted by atomic mass is 10.1. The van der Waals surface area contributed by atoms with E-state index in [4.69, 9.17) is 21.4 Å². The van der Waals surface area contributed by atoms with E-state index in [1.54, 1.807) is 0 Å². The Labute approximate surface area is 85.1 Å². The van der Waals surface area contributed by atoms with Gasteiger partial charge in [0.25, 0.3) is 5.78 Å². The Morgan fingerprint density at radius 3 is 2.50 bits per heavy atom. The number of rotatable bonds is 3. The molecule has 0 saturated carbocycles. The minimum Gasteiger partial charge on any atom is -0.497 e. The number of carbonyl (C=O) groups excluding carboxylic acids is 1. The highest BCUT2D eigenvalue weighted by Gasteiger charge is 2.17. The van der Waals surface area contributed by atoms with Gasteiger partial charge < -0.3 is 9.84 Å². The van der Waals surface area contributed by atoms with Gasteiger partial charge in [0, 0.05) is 5.56 Å². The van der Waals surface area contributed by atoms with Crippen molar-refractivity contribution in [2.75, 3.05) is 7.11 Å². The molecule has 1 rings (SSSR count). The van der Waals surface area contributed by atoms with Gasteiger partial charge in [-0.25, -0.2) is 4.79 Å². The zero-order valence-corrected chi connectivity index (χ0v) is 8.04. The molecule has 0 aromatic heterocycles. The van der Waals surface area contributed by atoms with Crippen LogP contribution in [0.3, 0.4) is 0 Å². The maximum absolute atomic E-state index is 11.0. The summed E-state index contributed by atoms with van der Waals surface area (Å²) in [6, 6.07) is 4.18. The lowest BCUT2D eigenvalue weighted by Gasteiger charge is -2.02. The average molecular weight is 215 g/mol. The largest absolute Gasteiger partial charge is 0.497 e. The number of aliphatic carboxylic acids is 1. The molecule has 14 heavy (non-hydrogen) atoms. The summed E-state index contributed by atoms with van der Waals surface area (Å²) in [4.78, 5) is 21.4. The zero-order valence-electron chi connectivity index (χ0n) is 7.28. The molecule has 4 nitrogen and oxygen atoms in total. The van der Waals surface area contributed by atoms with Crippen LogP contribution in [-0.4, -0.2) is 24.0 Å². The average Bonchev–Trinajstić information content (AvgIpc) is 2.16. The number of carboxylic acid groups (broad SMARTS) is 1. The summed E-state index contributed by atoms with van der Waals surface area (Å²) in [5, 5.41) is 8.51. The molecule has 0 fully saturated rings. The topological polar surface area (TPSA) is 63.6 Å². The van der Waals surface area contributed by atoms with E-state index in [1.807, 2.05) is 0 Å². The van der Waals surface area contributed by atoms with Crippen molar-refractivity contribution in [2.24, 2.45) is 0 Å². The third-order valence-electron chi connectivity index (χ3n) is 1.62. The van der Waals surface area contributed by atoms with E-state index in [2.05, 4.69) is 0 Å². The van der Waals surface area contributed by atoms with Crippen molar-refractivity contribution in [1.29, 1.82) is 0 Å². The van der Waals surface area contributed by atoms with Gasteiger partial charge in [-0.3, -0.25) is 4.79 Å². The Hall–Kier alpha value is -1.55. The molecule has 0 unspecified atom stereocenters. The summed E-state index contributed by atoms with van der Waals surface area (Å²) < 4.78 is 4.85. The van der Waals surface area contributed by atoms with Gasteiger partial charge in [-0.15, -0.1) is 0 Å². The van der Waals surface area contributed by atoms with Gasteiger partial charge in [-0.2, -0.15) is 0 Å². The quantitative estimate of drug-likeness (QED) is 0.613. The third-order valence-corrected chi connectivity index (χ3v) is 1.93. The van der Waals surface area contributed by atoms with E-state index in [0.717, 1.165) is 0 Å². The Kier molecular flexibility index (Phi) is 3.09. The van der Waals surface area contributed by atoms with Crippen LogP contribution >= 0.6 is 11.6 Å². The highest BCUT2D eigenvalue weighted by Crippen LogP contribution is 2.22. The van der Waals surface area contributed by atoms with Crippen molar-refractivity contribution >= 4 is 23.4 Å². The van der Waals surface area contributed by atoms with Crippen LogP contribution in [0.25, 0.3) is 0 Å². The van der Waals surface area contributed by atoms with Gasteiger partial charge in [-0.1, -0.05) is 11.6 Å². The summed E-state index contributed by atoms with van der Waals surface area (Å²) in [5.74, 6) is -2.09. The van der Waals surface area contributed by atoms with Crippen LogP contribution in [0, 0.1) is 0 Å². The van der Waals surface area contributed by atoms with Gasteiger partial charge in [0.1, 0.15) is 5.75 Å². The molecular weight excluding hydrogens is 208 g/mol. The number of ether oxygens (including phenoxy) is 1. The first-order valence-electron chi connectivity index (χ1n) is 3.67. The number of carboxylic acids is 1. The standard InChI is InChI=1S/C9H7ClO4/c1-14-5-2-3-6(7(10)4-5)8(11)9(12)13/h2-4H,1H3,(H,12,13). The third kappa shape index (κ3) is 2.03. The van der Waals surface area contributed by atoms with E-state index in [9.17, 15) is 9.59 Å². The molecule has 5 heteroatoms. The lowest BCUT2D eigenvalue weighted by Crippen LogP contribution is -2.13. The van der Waals surface area contributed by atoms with E-state index in [-0.39, 0.29) is 10.6 Å². The van der Waals surface area contributed by atoms with Crippen molar-refractivity contribution in [1.82, 2.24) is 0 Å². The molecule has 0 bridgehead atoms. The van der Waals surface area contributed by atoms with Gasteiger partial charge >= 0.3 is 5.97 Å². The number of halogens is 1. The maximum Gasteiger partial charge on any atom is 0.377 e. The Balaban J connectivity index is 3.12. The molecule has 0 aliphatic heterocycles. The van der Waals surface area contributed by atoms with Crippen LogP contribution < -0.4 is 4.74 Å². The smallest absolute Gasteiger partial charge is 0.377 e. The normalized spacial score (nSPS) is 9.57. The summed E-state index contributed by atoms with van der Waals surface area (Å²) in [6.07, 6.45) is 0. The number of carbonyl (C=O) groups is 2. The first kappa shape index (κ1) is 10.5. The second-order valence-corrected chi connectivity index (χ2v) is 2.89. The van der Waals surface area contributed by atoms with E-state index in [1.165, 1.54) is 25.3 Å². The summed E-state index contributed by atoms with van der Waals surface area (Å²) in [5.41, 5.74) is -0.0417. The minimum atomic E-state index is -1.53. The van der Waals surface area contributed by atoms with Gasteiger partial charge in [-0.05, 0) is 18.2 Å². The number of Topliss-reactive ketones (excluding diaryl/α,β-unsaturated/α-hetero) is 1. The van der Waals surface area contributed by atoms with Crippen LogP contribution in [0.5, 0.6) is 5.75 Å². The van der Waals surface area contributed by atoms with Crippen molar-refractivity contribution in [3.05, 3.63) is 28.8 Å². The van der Waals surface area contributed by atoms with Gasteiger partial charge in [0.05, 0.1) is 12.1 Å². The zero-order chi connectivity index (χ0) is 10.7. The lowest BCUT2D eigenvalue weighted by molar-refractivity contribution is -0.131. The Morgan fingerprint density at radius 2 is 2.07 bits per heavy atom. The number of benzene rings is 1. The van der Waals surface area contributed by atoms with Crippen molar-refractivity contribution < 1.29 is 19.4 Å². The highest BCUT2D eigenvalue weighted by atomic mass is 35.5. The maximum atomic E-state index is 11.0. The van der Waals surface area contributed by atoms with Gasteiger partial charge in [0.15, 0.2) is 0 Å². The molecule has 1 aromatic rings. The van der Waals surface area contributed by atoms with E-state index >= 15 is 0 Å². The van der Waals surface area contributed by atoms with Crippen LogP contribution in [-0.2, 0) is 4.79 Å². The van der Waals surface area contributed by atoms with E-state index in [0.29, 0.717) is 5.75 Å². The number of ketones is 1. The number of hydrogen-bond acceptors (Lipinski definition) is 3. The van der Waals surface area contributed by atoms with Gasteiger partial charge in [0.2, 0.25) is 0 Å². The summed E-state index contributed by atoms with van der Waals surface area (Å²) in [7, 11) is 1.45. The monoisotopic (exact) mass is 214 g/mol. The minimum absolute atomic E-state index is 0.0417. The predicted octanol–water partition coefficient (Wildman–Crippen LogP) is 1.62. The molecule has 0 aliphatic rings.